The van der Waals surface area contributed by atoms with Gasteiger partial charge in [-0.2, -0.15) is 0 Å². The van der Waals surface area contributed by atoms with Crippen LogP contribution in [0.1, 0.15) is 57.3 Å². The molecule has 158 valence electrons. The van der Waals surface area contributed by atoms with E-state index in [0.717, 1.165) is 25.0 Å². The molecular weight excluding hydrogens is 390 g/mol. The molecule has 0 aromatic heterocycles. The molecule has 0 atom stereocenters. The highest BCUT2D eigenvalue weighted by atomic mass is 31.2. The van der Waals surface area contributed by atoms with Gasteiger partial charge in [0.25, 0.3) is 0 Å². The number of unbranched alkanes of at least 4 members (excludes halogenated alkanes) is 1. The first kappa shape index (κ1) is 24.9. The first-order valence-corrected chi connectivity index (χ1v) is 14.6. The fraction of sp³-hybridized carbons (Fsp3) is 0.591. The highest BCUT2D eigenvalue weighted by Crippen LogP contribution is 2.69. The Morgan fingerprint density at radius 2 is 1.46 bits per heavy atom. The zero-order valence-corrected chi connectivity index (χ0v) is 19.6. The Balaban J connectivity index is 2.63. The lowest BCUT2D eigenvalue weighted by Crippen LogP contribution is -2.16. The van der Waals surface area contributed by atoms with Crippen molar-refractivity contribution in [3.63, 3.8) is 0 Å². The zero-order valence-electron chi connectivity index (χ0n) is 17.9. The second-order valence-corrected chi connectivity index (χ2v) is 15.1. The van der Waals surface area contributed by atoms with Crippen LogP contribution in [-0.2, 0) is 9.13 Å². The Kier molecular flexibility index (Phi) is 10.5. The van der Waals surface area contributed by atoms with E-state index < -0.39 is 14.3 Å². The van der Waals surface area contributed by atoms with Crippen molar-refractivity contribution < 1.29 is 18.7 Å². The largest absolute Gasteiger partial charge is 0.494 e. The summed E-state index contributed by atoms with van der Waals surface area (Å²) < 4.78 is 32.5. The van der Waals surface area contributed by atoms with Gasteiger partial charge in [-0.1, -0.05) is 34.3 Å². The fourth-order valence-corrected chi connectivity index (χ4v) is 12.5. The topological polar surface area (TPSA) is 60.4 Å². The minimum absolute atomic E-state index is 0.106. The molecule has 0 heterocycles. The Morgan fingerprint density at radius 1 is 0.964 bits per heavy atom. The van der Waals surface area contributed by atoms with Crippen LogP contribution in [0, 0.1) is 0 Å². The van der Waals surface area contributed by atoms with Crippen molar-refractivity contribution in [1.82, 2.24) is 0 Å². The molecule has 4 nitrogen and oxygen atoms in total. The van der Waals surface area contributed by atoms with E-state index in [1.165, 1.54) is 6.08 Å². The fourth-order valence-electron chi connectivity index (χ4n) is 3.60. The maximum Gasteiger partial charge on any atom is 0.185 e. The van der Waals surface area contributed by atoms with Crippen LogP contribution < -0.4 is 4.74 Å². The maximum atomic E-state index is 13.4. The van der Waals surface area contributed by atoms with Crippen molar-refractivity contribution in [2.24, 2.45) is 0 Å². The van der Waals surface area contributed by atoms with Crippen LogP contribution in [0.25, 0.3) is 0 Å². The molecule has 0 saturated heterocycles. The summed E-state index contributed by atoms with van der Waals surface area (Å²) >= 11 is 0. The Morgan fingerprint density at radius 3 is 1.89 bits per heavy atom. The van der Waals surface area contributed by atoms with E-state index >= 15 is 0 Å². The van der Waals surface area contributed by atoms with Crippen molar-refractivity contribution in [2.75, 3.05) is 31.3 Å². The number of allylic oxidation sites excluding steroid dienone is 1. The van der Waals surface area contributed by atoms with E-state index in [1.54, 1.807) is 24.3 Å². The van der Waals surface area contributed by atoms with Gasteiger partial charge in [0, 0.05) is 5.56 Å². The van der Waals surface area contributed by atoms with Gasteiger partial charge in [0.05, 0.1) is 26.3 Å². The average molecular weight is 426 g/mol. The normalized spacial score (nSPS) is 12.2. The maximum absolute atomic E-state index is 13.4. The summed E-state index contributed by atoms with van der Waals surface area (Å²) in [6.45, 7) is 11.9. The highest BCUT2D eigenvalue weighted by molar-refractivity contribution is 7.81. The Hall–Kier alpha value is -1.11. The lowest BCUT2D eigenvalue weighted by Gasteiger charge is -2.32. The molecule has 28 heavy (non-hydrogen) atoms. The number of benzene rings is 1. The molecule has 0 aliphatic heterocycles. The minimum atomic E-state index is -2.41. The van der Waals surface area contributed by atoms with Crippen molar-refractivity contribution in [3.05, 3.63) is 42.5 Å². The summed E-state index contributed by atoms with van der Waals surface area (Å²) in [6.07, 6.45) is 6.23. The third-order valence-electron chi connectivity index (χ3n) is 5.68. The average Bonchev–Trinajstić information content (AvgIpc) is 2.75. The predicted octanol–water partition coefficient (Wildman–Crippen LogP) is 6.74. The van der Waals surface area contributed by atoms with Gasteiger partial charge in [0.1, 0.15) is 5.75 Å². The van der Waals surface area contributed by atoms with Gasteiger partial charge in [0.2, 0.25) is 0 Å². The van der Waals surface area contributed by atoms with Crippen LogP contribution >= 0.6 is 14.3 Å². The van der Waals surface area contributed by atoms with E-state index in [4.69, 9.17) is 4.74 Å². The number of carbonyl (C=O) groups is 1. The molecule has 0 bridgehead atoms. The highest BCUT2D eigenvalue weighted by Gasteiger charge is 2.40. The monoisotopic (exact) mass is 426 g/mol. The van der Waals surface area contributed by atoms with Crippen LogP contribution in [0.2, 0.25) is 0 Å². The number of ketones is 1. The summed E-state index contributed by atoms with van der Waals surface area (Å²) in [7, 11) is -4.83. The lowest BCUT2D eigenvalue weighted by atomic mass is 10.1. The lowest BCUT2D eigenvalue weighted by molar-refractivity contribution is 0.104. The number of hydrogen-bond donors (Lipinski definition) is 0. The SMILES string of the molecule is C=CC(=O)c1ccc(OCCCCC(P(=O)(CC)CC)P(=O)(CC)CC)cc1. The number of carbonyl (C=O) groups excluding carboxylic acids is 1. The van der Waals surface area contributed by atoms with Gasteiger partial charge in [-0.3, -0.25) is 4.79 Å². The Bertz CT molecular complexity index is 683. The van der Waals surface area contributed by atoms with Gasteiger partial charge in [-0.15, -0.1) is 0 Å². The molecule has 1 aromatic rings. The third-order valence-corrected chi connectivity index (χ3v) is 15.2. The molecule has 0 saturated carbocycles. The zero-order chi connectivity index (χ0) is 21.2. The van der Waals surface area contributed by atoms with Crippen molar-refractivity contribution in [2.45, 2.75) is 52.4 Å². The van der Waals surface area contributed by atoms with Gasteiger partial charge in [-0.05, 0) is 74.3 Å². The number of rotatable bonds is 14. The van der Waals surface area contributed by atoms with E-state index in [9.17, 15) is 13.9 Å². The second-order valence-electron chi connectivity index (χ2n) is 7.09. The molecule has 0 spiro atoms. The van der Waals surface area contributed by atoms with Gasteiger partial charge >= 0.3 is 0 Å². The molecular formula is C22H36O4P2. The van der Waals surface area contributed by atoms with Gasteiger partial charge in [-0.25, -0.2) is 0 Å². The van der Waals surface area contributed by atoms with Crippen molar-refractivity contribution in [3.8, 4) is 5.75 Å². The molecule has 0 fully saturated rings. The molecule has 0 amide bonds. The minimum Gasteiger partial charge on any atom is -0.494 e. The number of ether oxygens (including phenoxy) is 1. The van der Waals surface area contributed by atoms with Crippen molar-refractivity contribution >= 4 is 20.1 Å². The molecule has 0 radical (unpaired) electrons. The predicted molar refractivity (Wildman–Crippen MR) is 121 cm³/mol. The first-order chi connectivity index (χ1) is 13.3. The molecule has 1 rings (SSSR count). The molecule has 0 aliphatic rings. The summed E-state index contributed by atoms with van der Waals surface area (Å²) in [5, 5.41) is -0.144. The Labute approximate surface area is 170 Å². The molecule has 0 N–H and O–H groups in total. The van der Waals surface area contributed by atoms with E-state index in [2.05, 4.69) is 6.58 Å². The summed E-state index contributed by atoms with van der Waals surface area (Å²) in [6, 6.07) is 7.02. The van der Waals surface area contributed by atoms with Crippen LogP contribution in [0.5, 0.6) is 5.75 Å². The third kappa shape index (κ3) is 6.46. The van der Waals surface area contributed by atoms with Crippen LogP contribution in [-0.4, -0.2) is 42.4 Å². The number of hydrogen-bond acceptors (Lipinski definition) is 4. The van der Waals surface area contributed by atoms with Crippen LogP contribution in [0.15, 0.2) is 36.9 Å². The van der Waals surface area contributed by atoms with Gasteiger partial charge in [0.15, 0.2) is 5.78 Å². The van der Waals surface area contributed by atoms with E-state index in [0.29, 0.717) is 36.8 Å². The van der Waals surface area contributed by atoms with Crippen molar-refractivity contribution in [1.29, 1.82) is 0 Å². The van der Waals surface area contributed by atoms with Gasteiger partial charge < -0.3 is 13.9 Å². The smallest absolute Gasteiger partial charge is 0.185 e. The second kappa shape index (κ2) is 11.8. The summed E-state index contributed by atoms with van der Waals surface area (Å²) in [4.78, 5) is 11.5. The molecule has 1 aromatic carbocycles. The van der Waals surface area contributed by atoms with E-state index in [-0.39, 0.29) is 11.2 Å². The summed E-state index contributed by atoms with van der Waals surface area (Å²) in [5.41, 5.74) is 0.593. The molecule has 0 unspecified atom stereocenters. The van der Waals surface area contributed by atoms with E-state index in [1.807, 2.05) is 27.7 Å². The molecule has 6 heteroatoms. The quantitative estimate of drug-likeness (QED) is 0.143. The van der Waals surface area contributed by atoms with Crippen LogP contribution in [0.3, 0.4) is 0 Å². The van der Waals surface area contributed by atoms with Crippen LogP contribution in [0.4, 0.5) is 0 Å². The first-order valence-electron chi connectivity index (χ1n) is 10.3. The molecule has 0 aliphatic carbocycles. The summed E-state index contributed by atoms with van der Waals surface area (Å²) in [5.74, 6) is 0.614. The standard InChI is InChI=1S/C22H36O4P2/c1-6-21(23)19-14-16-20(17-15-19)26-18-12-11-13-22(27(24,7-2)8-3)28(25,9-4)10-5/h6,14-17,22H,1,7-13,18H2,2-5H3.